The van der Waals surface area contributed by atoms with Gasteiger partial charge in [-0.3, -0.25) is 14.4 Å². The van der Waals surface area contributed by atoms with Crippen LogP contribution in [-0.4, -0.2) is 70.2 Å². The molecule has 0 radical (unpaired) electrons. The fourth-order valence-electron chi connectivity index (χ4n) is 4.95. The van der Waals surface area contributed by atoms with Crippen molar-refractivity contribution < 1.29 is 24.6 Å². The Morgan fingerprint density at radius 3 is 1.88 bits per heavy atom. The van der Waals surface area contributed by atoms with Crippen LogP contribution in [0.15, 0.2) is 78.9 Å². The number of aliphatic hydroxyl groups excluding tert-OH is 2. The lowest BCUT2D eigenvalue weighted by Crippen LogP contribution is -2.55. The molecule has 4 N–H and O–H groups in total. The number of carbonyl (C=O) groups excluding carboxylic acids is 3. The maximum Gasteiger partial charge on any atom is 0.253 e. The third kappa shape index (κ3) is 8.99. The van der Waals surface area contributed by atoms with Gasteiger partial charge in [0.15, 0.2) is 0 Å². The van der Waals surface area contributed by atoms with Gasteiger partial charge in [0.1, 0.15) is 12.2 Å². The lowest BCUT2D eigenvalue weighted by atomic mass is 9.94. The molecule has 0 aliphatic carbocycles. The SMILES string of the molecule is CCCN(CCC)C(=O)c1cc(C)cc(C(=O)N[C@H](Cc2ccccc2)[C@@H](O)[C@H](O)[C@H](C)NC(=O)c2ccccc2)c1. The summed E-state index contributed by atoms with van der Waals surface area (Å²) in [4.78, 5) is 41.3. The highest BCUT2D eigenvalue weighted by Gasteiger charge is 2.33. The zero-order valence-electron chi connectivity index (χ0n) is 24.9. The molecule has 0 saturated carbocycles. The van der Waals surface area contributed by atoms with Crippen LogP contribution in [0.4, 0.5) is 0 Å². The number of nitrogens with zero attached hydrogens (tertiary/aromatic N) is 1. The summed E-state index contributed by atoms with van der Waals surface area (Å²) in [6.07, 6.45) is -0.885. The summed E-state index contributed by atoms with van der Waals surface area (Å²) < 4.78 is 0. The van der Waals surface area contributed by atoms with Crippen molar-refractivity contribution in [3.8, 4) is 0 Å². The molecule has 3 amide bonds. The fraction of sp³-hybridized carbons (Fsp3) is 0.382. The third-order valence-electron chi connectivity index (χ3n) is 7.14. The molecular formula is C34H43N3O5. The van der Waals surface area contributed by atoms with E-state index < -0.39 is 30.2 Å². The molecule has 3 aromatic rings. The lowest BCUT2D eigenvalue weighted by molar-refractivity contribution is -0.0187. The molecule has 0 saturated heterocycles. The van der Waals surface area contributed by atoms with Crippen molar-refractivity contribution in [3.05, 3.63) is 107 Å². The van der Waals surface area contributed by atoms with Gasteiger partial charge in [0.2, 0.25) is 0 Å². The maximum atomic E-state index is 13.6. The molecule has 0 bridgehead atoms. The van der Waals surface area contributed by atoms with E-state index in [-0.39, 0.29) is 23.8 Å². The second-order valence-corrected chi connectivity index (χ2v) is 10.8. The average Bonchev–Trinajstić information content (AvgIpc) is 3.00. The van der Waals surface area contributed by atoms with Gasteiger partial charge in [0, 0.05) is 29.8 Å². The molecule has 8 nitrogen and oxygen atoms in total. The predicted molar refractivity (Wildman–Crippen MR) is 164 cm³/mol. The number of rotatable bonds is 14. The highest BCUT2D eigenvalue weighted by atomic mass is 16.3. The number of benzene rings is 3. The molecule has 0 heterocycles. The summed E-state index contributed by atoms with van der Waals surface area (Å²) in [5.74, 6) is -0.982. The van der Waals surface area contributed by atoms with Crippen molar-refractivity contribution in [1.82, 2.24) is 15.5 Å². The summed E-state index contributed by atoms with van der Waals surface area (Å²) >= 11 is 0. The maximum absolute atomic E-state index is 13.6. The number of nitrogens with one attached hydrogen (secondary N) is 2. The second kappa shape index (κ2) is 15.8. The lowest BCUT2D eigenvalue weighted by Gasteiger charge is -2.31. The number of carbonyl (C=O) groups is 3. The minimum Gasteiger partial charge on any atom is -0.388 e. The molecule has 0 spiro atoms. The summed E-state index contributed by atoms with van der Waals surface area (Å²) in [5, 5.41) is 28.0. The number of amides is 3. The first kappa shape index (κ1) is 32.5. The normalized spacial score (nSPS) is 13.9. The van der Waals surface area contributed by atoms with E-state index in [2.05, 4.69) is 10.6 Å². The molecule has 4 atom stereocenters. The first-order valence-electron chi connectivity index (χ1n) is 14.6. The van der Waals surface area contributed by atoms with E-state index in [0.29, 0.717) is 24.2 Å². The van der Waals surface area contributed by atoms with Gasteiger partial charge in [-0.05, 0) is 74.6 Å². The largest absolute Gasteiger partial charge is 0.388 e. The van der Waals surface area contributed by atoms with E-state index in [9.17, 15) is 24.6 Å². The van der Waals surface area contributed by atoms with Crippen molar-refractivity contribution in [2.24, 2.45) is 0 Å². The molecule has 0 aliphatic rings. The minimum absolute atomic E-state index is 0.129. The van der Waals surface area contributed by atoms with Gasteiger partial charge in [0.05, 0.1) is 12.1 Å². The van der Waals surface area contributed by atoms with Crippen LogP contribution in [0, 0.1) is 6.92 Å². The third-order valence-corrected chi connectivity index (χ3v) is 7.14. The van der Waals surface area contributed by atoms with Gasteiger partial charge >= 0.3 is 0 Å². The van der Waals surface area contributed by atoms with Crippen molar-refractivity contribution >= 4 is 17.7 Å². The van der Waals surface area contributed by atoms with Crippen LogP contribution in [0.25, 0.3) is 0 Å². The zero-order valence-corrected chi connectivity index (χ0v) is 24.9. The van der Waals surface area contributed by atoms with Gasteiger partial charge in [-0.25, -0.2) is 0 Å². The van der Waals surface area contributed by atoms with Crippen LogP contribution in [0.3, 0.4) is 0 Å². The molecule has 0 fully saturated rings. The summed E-state index contributed by atoms with van der Waals surface area (Å²) in [6.45, 7) is 8.73. The van der Waals surface area contributed by atoms with E-state index in [1.807, 2.05) is 51.1 Å². The molecule has 0 aliphatic heterocycles. The van der Waals surface area contributed by atoms with Gasteiger partial charge < -0.3 is 25.7 Å². The Hall–Kier alpha value is -4.01. The Kier molecular flexibility index (Phi) is 12.3. The summed E-state index contributed by atoms with van der Waals surface area (Å²) in [6, 6.07) is 21.3. The monoisotopic (exact) mass is 573 g/mol. The van der Waals surface area contributed by atoms with Crippen LogP contribution in [0.5, 0.6) is 0 Å². The standard InChI is InChI=1S/C34H43N3O5/c1-5-17-37(18-6-2)34(42)28-20-23(3)19-27(22-28)33(41)36-29(21-25-13-9-7-10-14-25)31(39)30(38)24(4)35-32(40)26-15-11-8-12-16-26/h7-16,19-20,22,24,29-31,38-39H,5-6,17-18,21H2,1-4H3,(H,35,40)(H,36,41)/t24-,29+,30+,31+/m0/s1. The van der Waals surface area contributed by atoms with E-state index in [1.54, 1.807) is 60.4 Å². The quantitative estimate of drug-likeness (QED) is 0.231. The summed E-state index contributed by atoms with van der Waals surface area (Å²) in [5.41, 5.74) is 2.76. The van der Waals surface area contributed by atoms with Gasteiger partial charge in [-0.2, -0.15) is 0 Å². The number of hydrogen-bond acceptors (Lipinski definition) is 5. The zero-order chi connectivity index (χ0) is 30.6. The molecule has 0 unspecified atom stereocenters. The van der Waals surface area contributed by atoms with Crippen molar-refractivity contribution in [1.29, 1.82) is 0 Å². The first-order valence-corrected chi connectivity index (χ1v) is 14.6. The van der Waals surface area contributed by atoms with Crippen LogP contribution < -0.4 is 10.6 Å². The van der Waals surface area contributed by atoms with Crippen molar-refractivity contribution in [2.45, 2.75) is 71.2 Å². The highest BCUT2D eigenvalue weighted by Crippen LogP contribution is 2.16. The predicted octanol–water partition coefficient (Wildman–Crippen LogP) is 4.14. The Labute approximate surface area is 248 Å². The highest BCUT2D eigenvalue weighted by molar-refractivity contribution is 6.00. The Bertz CT molecular complexity index is 1310. The Morgan fingerprint density at radius 1 is 0.738 bits per heavy atom. The molecule has 42 heavy (non-hydrogen) atoms. The van der Waals surface area contributed by atoms with Crippen molar-refractivity contribution in [2.75, 3.05) is 13.1 Å². The molecule has 3 rings (SSSR count). The molecular weight excluding hydrogens is 530 g/mol. The number of hydrogen-bond donors (Lipinski definition) is 4. The van der Waals surface area contributed by atoms with Gasteiger partial charge in [0.25, 0.3) is 17.7 Å². The van der Waals surface area contributed by atoms with Crippen LogP contribution in [0.1, 0.15) is 75.8 Å². The minimum atomic E-state index is -1.41. The van der Waals surface area contributed by atoms with Crippen LogP contribution in [0.2, 0.25) is 0 Å². The Balaban J connectivity index is 1.82. The topological polar surface area (TPSA) is 119 Å². The molecule has 8 heteroatoms. The second-order valence-electron chi connectivity index (χ2n) is 10.8. The van der Waals surface area contributed by atoms with Crippen molar-refractivity contribution in [3.63, 3.8) is 0 Å². The van der Waals surface area contributed by atoms with E-state index >= 15 is 0 Å². The fourth-order valence-corrected chi connectivity index (χ4v) is 4.95. The van der Waals surface area contributed by atoms with E-state index in [0.717, 1.165) is 24.0 Å². The number of aliphatic hydroxyl groups is 2. The summed E-state index contributed by atoms with van der Waals surface area (Å²) in [7, 11) is 0. The average molecular weight is 574 g/mol. The van der Waals surface area contributed by atoms with Crippen LogP contribution >= 0.6 is 0 Å². The van der Waals surface area contributed by atoms with Gasteiger partial charge in [-0.1, -0.05) is 62.4 Å². The molecule has 224 valence electrons. The molecule has 0 aromatic heterocycles. The van der Waals surface area contributed by atoms with Gasteiger partial charge in [-0.15, -0.1) is 0 Å². The first-order chi connectivity index (χ1) is 20.1. The van der Waals surface area contributed by atoms with E-state index in [4.69, 9.17) is 0 Å². The van der Waals surface area contributed by atoms with E-state index in [1.165, 1.54) is 0 Å². The number of aryl methyl sites for hydroxylation is 1. The Morgan fingerprint density at radius 2 is 1.29 bits per heavy atom. The molecule has 3 aromatic carbocycles. The van der Waals surface area contributed by atoms with Crippen LogP contribution in [-0.2, 0) is 6.42 Å². The smallest absolute Gasteiger partial charge is 0.253 e.